The number of aryl methyl sites for hydroxylation is 1. The molecule has 0 aliphatic carbocycles. The van der Waals surface area contributed by atoms with Crippen molar-refractivity contribution in [2.75, 3.05) is 37.6 Å². The molecule has 0 aromatic carbocycles. The number of carbonyl (C=O) groups is 1. The van der Waals surface area contributed by atoms with Crippen LogP contribution in [0.2, 0.25) is 0 Å². The summed E-state index contributed by atoms with van der Waals surface area (Å²) in [5.74, 6) is 0.693. The van der Waals surface area contributed by atoms with Crippen molar-refractivity contribution in [1.82, 2.24) is 20.0 Å². The summed E-state index contributed by atoms with van der Waals surface area (Å²) in [6.07, 6.45) is 7.09. The third-order valence-electron chi connectivity index (χ3n) is 5.77. The van der Waals surface area contributed by atoms with Crippen LogP contribution in [0.5, 0.6) is 0 Å². The van der Waals surface area contributed by atoms with Gasteiger partial charge >= 0.3 is 0 Å². The van der Waals surface area contributed by atoms with E-state index in [2.05, 4.69) is 27.1 Å². The van der Waals surface area contributed by atoms with Crippen LogP contribution in [-0.2, 0) is 11.8 Å². The van der Waals surface area contributed by atoms with Crippen molar-refractivity contribution in [3.05, 3.63) is 22.6 Å². The second kappa shape index (κ2) is 8.66. The molecule has 1 atom stereocenters. The zero-order valence-electron chi connectivity index (χ0n) is 16.0. The molecular weight excluding hydrogens is 330 g/mol. The lowest BCUT2D eigenvalue weighted by Gasteiger charge is -2.34. The Morgan fingerprint density at radius 2 is 1.96 bits per heavy atom. The molecule has 0 bridgehead atoms. The quantitative estimate of drug-likeness (QED) is 0.818. The van der Waals surface area contributed by atoms with Crippen LogP contribution in [0.4, 0.5) is 5.69 Å². The van der Waals surface area contributed by atoms with Gasteiger partial charge in [0.25, 0.3) is 5.56 Å². The van der Waals surface area contributed by atoms with Gasteiger partial charge < -0.3 is 10.2 Å². The van der Waals surface area contributed by atoms with Gasteiger partial charge in [0.15, 0.2) is 0 Å². The Balaban J connectivity index is 1.45. The van der Waals surface area contributed by atoms with Crippen molar-refractivity contribution in [2.24, 2.45) is 13.0 Å². The van der Waals surface area contributed by atoms with Crippen LogP contribution in [0.3, 0.4) is 0 Å². The van der Waals surface area contributed by atoms with Crippen molar-refractivity contribution in [3.63, 3.8) is 0 Å². The molecule has 0 unspecified atom stereocenters. The van der Waals surface area contributed by atoms with Crippen molar-refractivity contribution >= 4 is 11.6 Å². The standard InChI is InChI=1S/C19H31N5O2/c1-3-17(24-8-4-5-9-24)19(26)20-13-15-6-10-23(11-7-15)16-12-18(25)22(2)21-14-16/h12,14-15,17H,3-11,13H2,1-2H3,(H,20,26)/t17-/m0/s1. The molecule has 0 spiro atoms. The van der Waals surface area contributed by atoms with E-state index in [1.54, 1.807) is 19.3 Å². The first-order chi connectivity index (χ1) is 12.6. The first-order valence-corrected chi connectivity index (χ1v) is 9.88. The Labute approximate surface area is 155 Å². The Hall–Kier alpha value is -1.89. The number of hydrogen-bond donors (Lipinski definition) is 1. The van der Waals surface area contributed by atoms with Gasteiger partial charge in [-0.05, 0) is 51.1 Å². The topological polar surface area (TPSA) is 70.5 Å². The van der Waals surface area contributed by atoms with Crippen molar-refractivity contribution in [2.45, 2.75) is 45.1 Å². The number of amides is 1. The Kier molecular flexibility index (Phi) is 6.29. The lowest BCUT2D eigenvalue weighted by atomic mass is 9.96. The summed E-state index contributed by atoms with van der Waals surface area (Å²) in [7, 11) is 1.66. The highest BCUT2D eigenvalue weighted by molar-refractivity contribution is 5.81. The van der Waals surface area contributed by atoms with Crippen LogP contribution in [0.15, 0.2) is 17.1 Å². The Morgan fingerprint density at radius 3 is 2.58 bits per heavy atom. The number of nitrogens with one attached hydrogen (secondary N) is 1. The largest absolute Gasteiger partial charge is 0.370 e. The first-order valence-electron chi connectivity index (χ1n) is 9.88. The summed E-state index contributed by atoms with van der Waals surface area (Å²) in [6, 6.07) is 1.68. The van der Waals surface area contributed by atoms with Crippen LogP contribution < -0.4 is 15.8 Å². The predicted octanol–water partition coefficient (Wildman–Crippen LogP) is 0.987. The van der Waals surface area contributed by atoms with E-state index in [-0.39, 0.29) is 17.5 Å². The molecule has 2 aliphatic rings. The minimum atomic E-state index is -0.0793. The zero-order chi connectivity index (χ0) is 18.5. The average molecular weight is 361 g/mol. The number of rotatable bonds is 6. The highest BCUT2D eigenvalue weighted by atomic mass is 16.2. The van der Waals surface area contributed by atoms with Crippen molar-refractivity contribution < 1.29 is 4.79 Å². The molecule has 2 fully saturated rings. The second-order valence-electron chi connectivity index (χ2n) is 7.52. The zero-order valence-corrected chi connectivity index (χ0v) is 16.0. The molecule has 3 heterocycles. The van der Waals surface area contributed by atoms with Crippen LogP contribution in [-0.4, -0.2) is 59.4 Å². The number of likely N-dealkylation sites (tertiary alicyclic amines) is 1. The summed E-state index contributed by atoms with van der Waals surface area (Å²) >= 11 is 0. The summed E-state index contributed by atoms with van der Waals surface area (Å²) in [4.78, 5) is 28.8. The number of nitrogens with zero attached hydrogens (tertiary/aromatic N) is 4. The normalized spacial score (nSPS) is 20.3. The number of carbonyl (C=O) groups excluding carboxylic acids is 1. The highest BCUT2D eigenvalue weighted by Gasteiger charge is 2.27. The highest BCUT2D eigenvalue weighted by Crippen LogP contribution is 2.21. The maximum absolute atomic E-state index is 12.6. The van der Waals surface area contributed by atoms with E-state index in [9.17, 15) is 9.59 Å². The van der Waals surface area contributed by atoms with Crippen LogP contribution >= 0.6 is 0 Å². The molecule has 2 aliphatic heterocycles. The van der Waals surface area contributed by atoms with E-state index >= 15 is 0 Å². The number of hydrogen-bond acceptors (Lipinski definition) is 5. The fraction of sp³-hybridized carbons (Fsp3) is 0.737. The third kappa shape index (κ3) is 4.44. The number of piperidine rings is 1. The molecule has 26 heavy (non-hydrogen) atoms. The fourth-order valence-corrected chi connectivity index (χ4v) is 4.05. The van der Waals surface area contributed by atoms with Crippen molar-refractivity contribution in [3.8, 4) is 0 Å². The van der Waals surface area contributed by atoms with Crippen LogP contribution in [0.1, 0.15) is 39.0 Å². The van der Waals surface area contributed by atoms with Gasteiger partial charge in [0.1, 0.15) is 0 Å². The van der Waals surface area contributed by atoms with Crippen LogP contribution in [0.25, 0.3) is 0 Å². The first kappa shape index (κ1) is 18.9. The fourth-order valence-electron chi connectivity index (χ4n) is 4.05. The lowest BCUT2D eigenvalue weighted by Crippen LogP contribution is -2.47. The van der Waals surface area contributed by atoms with E-state index in [4.69, 9.17) is 0 Å². The third-order valence-corrected chi connectivity index (χ3v) is 5.77. The summed E-state index contributed by atoms with van der Waals surface area (Å²) < 4.78 is 1.34. The molecule has 1 N–H and O–H groups in total. The summed E-state index contributed by atoms with van der Waals surface area (Å²) in [5.41, 5.74) is 0.820. The van der Waals surface area contributed by atoms with Gasteiger partial charge in [-0.1, -0.05) is 6.92 Å². The molecule has 7 heteroatoms. The van der Waals surface area contributed by atoms with E-state index in [0.717, 1.165) is 57.7 Å². The minimum Gasteiger partial charge on any atom is -0.370 e. The van der Waals surface area contributed by atoms with Gasteiger partial charge in [-0.3, -0.25) is 14.5 Å². The average Bonchev–Trinajstić information content (AvgIpc) is 3.18. The lowest BCUT2D eigenvalue weighted by molar-refractivity contribution is -0.126. The monoisotopic (exact) mass is 361 g/mol. The van der Waals surface area contributed by atoms with Crippen LogP contribution in [0, 0.1) is 5.92 Å². The van der Waals surface area contributed by atoms with E-state index < -0.39 is 0 Å². The molecule has 0 radical (unpaired) electrons. The molecule has 144 valence electrons. The van der Waals surface area contributed by atoms with E-state index in [0.29, 0.717) is 5.92 Å². The molecule has 0 saturated carbocycles. The number of aromatic nitrogens is 2. The summed E-state index contributed by atoms with van der Waals surface area (Å²) in [5, 5.41) is 7.29. The smallest absolute Gasteiger partial charge is 0.268 e. The minimum absolute atomic E-state index is 0.0317. The van der Waals surface area contributed by atoms with Crippen molar-refractivity contribution in [1.29, 1.82) is 0 Å². The molecule has 7 nitrogen and oxygen atoms in total. The van der Waals surface area contributed by atoms with Gasteiger partial charge in [-0.15, -0.1) is 0 Å². The molecule has 2 saturated heterocycles. The molecule has 3 rings (SSSR count). The van der Waals surface area contributed by atoms with Gasteiger partial charge in [0.05, 0.1) is 17.9 Å². The van der Waals surface area contributed by atoms with Gasteiger partial charge in [0.2, 0.25) is 5.91 Å². The molecular formula is C19H31N5O2. The van der Waals surface area contributed by atoms with Gasteiger partial charge in [-0.2, -0.15) is 5.10 Å². The molecule has 1 amide bonds. The van der Waals surface area contributed by atoms with E-state index in [1.165, 1.54) is 17.5 Å². The molecule has 1 aromatic heterocycles. The molecule has 1 aromatic rings. The Bertz CT molecular complexity index is 660. The predicted molar refractivity (Wildman–Crippen MR) is 102 cm³/mol. The maximum atomic E-state index is 12.6. The SMILES string of the molecule is CC[C@@H](C(=O)NCC1CCN(c2cnn(C)c(=O)c2)CC1)N1CCCC1. The second-order valence-corrected chi connectivity index (χ2v) is 7.52. The van der Waals surface area contributed by atoms with Gasteiger partial charge in [0, 0.05) is 32.7 Å². The van der Waals surface area contributed by atoms with E-state index in [1.807, 2.05) is 0 Å². The number of anilines is 1. The summed E-state index contributed by atoms with van der Waals surface area (Å²) in [6.45, 7) is 6.76. The maximum Gasteiger partial charge on any atom is 0.268 e. The Morgan fingerprint density at radius 1 is 1.27 bits per heavy atom. The van der Waals surface area contributed by atoms with Gasteiger partial charge in [-0.25, -0.2) is 4.68 Å².